The highest BCUT2D eigenvalue weighted by Crippen LogP contribution is 2.21. The molecule has 0 unspecified atom stereocenters. The summed E-state index contributed by atoms with van der Waals surface area (Å²) >= 11 is 3.40. The average molecular weight is 326 g/mol. The van der Waals surface area contributed by atoms with E-state index in [1.165, 1.54) is 0 Å². The summed E-state index contributed by atoms with van der Waals surface area (Å²) in [6.45, 7) is 2.87. The molecule has 1 aromatic carbocycles. The van der Waals surface area contributed by atoms with Crippen molar-refractivity contribution in [2.75, 3.05) is 13.1 Å². The second kappa shape index (κ2) is 5.74. The Hall–Kier alpha value is -1.36. The smallest absolute Gasteiger partial charge is 0.308 e. The zero-order valence-electron chi connectivity index (χ0n) is 10.7. The number of likely N-dealkylation sites (tertiary alicyclic amines) is 1. The van der Waals surface area contributed by atoms with E-state index in [4.69, 9.17) is 5.11 Å². The lowest BCUT2D eigenvalue weighted by molar-refractivity contribution is -0.143. The molecule has 1 aliphatic rings. The van der Waals surface area contributed by atoms with Crippen molar-refractivity contribution in [3.05, 3.63) is 33.8 Å². The number of carboxylic acids is 1. The zero-order valence-corrected chi connectivity index (χ0v) is 12.3. The summed E-state index contributed by atoms with van der Waals surface area (Å²) < 4.78 is 0.964. The molecule has 2 rings (SSSR count). The van der Waals surface area contributed by atoms with E-state index >= 15 is 0 Å². The number of benzene rings is 1. The van der Waals surface area contributed by atoms with Crippen molar-refractivity contribution in [3.63, 3.8) is 0 Å². The highest BCUT2D eigenvalue weighted by Gasteiger charge is 2.28. The molecule has 0 spiro atoms. The van der Waals surface area contributed by atoms with Gasteiger partial charge in [-0.05, 0) is 43.5 Å². The molecule has 5 heteroatoms. The first-order valence-corrected chi connectivity index (χ1v) is 7.06. The summed E-state index contributed by atoms with van der Waals surface area (Å²) in [5.41, 5.74) is 1.62. The molecule has 0 bridgehead atoms. The van der Waals surface area contributed by atoms with Crippen LogP contribution < -0.4 is 0 Å². The molecule has 0 saturated carbocycles. The molecule has 1 fully saturated rings. The predicted octanol–water partition coefficient (Wildman–Crippen LogP) is 2.69. The Labute approximate surface area is 120 Å². The van der Waals surface area contributed by atoms with Crippen molar-refractivity contribution >= 4 is 27.8 Å². The van der Waals surface area contributed by atoms with Crippen LogP contribution in [0, 0.1) is 12.8 Å². The van der Waals surface area contributed by atoms with Crippen molar-refractivity contribution in [3.8, 4) is 0 Å². The highest BCUT2D eigenvalue weighted by molar-refractivity contribution is 9.10. The van der Waals surface area contributed by atoms with Crippen molar-refractivity contribution in [2.24, 2.45) is 5.92 Å². The maximum atomic E-state index is 12.3. The topological polar surface area (TPSA) is 57.6 Å². The zero-order chi connectivity index (χ0) is 14.0. The largest absolute Gasteiger partial charge is 0.481 e. The number of hydrogen-bond acceptors (Lipinski definition) is 2. The predicted molar refractivity (Wildman–Crippen MR) is 75.1 cm³/mol. The van der Waals surface area contributed by atoms with E-state index in [0.29, 0.717) is 25.1 Å². The minimum Gasteiger partial charge on any atom is -0.481 e. The van der Waals surface area contributed by atoms with Crippen LogP contribution in [0.15, 0.2) is 22.7 Å². The van der Waals surface area contributed by atoms with Crippen LogP contribution >= 0.6 is 15.9 Å². The molecule has 1 heterocycles. The summed E-state index contributed by atoms with van der Waals surface area (Å²) in [5.74, 6) is -1.33. The van der Waals surface area contributed by atoms with Crippen molar-refractivity contribution < 1.29 is 14.7 Å². The molecule has 1 saturated heterocycles. The molecule has 1 N–H and O–H groups in total. The number of piperidine rings is 1. The van der Waals surface area contributed by atoms with Gasteiger partial charge in [0, 0.05) is 23.1 Å². The van der Waals surface area contributed by atoms with E-state index in [0.717, 1.165) is 16.5 Å². The SMILES string of the molecule is Cc1cc(C(=O)N2CCC[C@@H](C(=O)O)C2)ccc1Br. The summed E-state index contributed by atoms with van der Waals surface area (Å²) in [6.07, 6.45) is 1.40. The Balaban J connectivity index is 2.14. The number of aliphatic carboxylic acids is 1. The van der Waals surface area contributed by atoms with Gasteiger partial charge in [-0.15, -0.1) is 0 Å². The normalized spacial score (nSPS) is 19.3. The number of carbonyl (C=O) groups excluding carboxylic acids is 1. The van der Waals surface area contributed by atoms with E-state index in [9.17, 15) is 9.59 Å². The van der Waals surface area contributed by atoms with Crippen LogP contribution in [-0.4, -0.2) is 35.0 Å². The van der Waals surface area contributed by atoms with Crippen LogP contribution in [0.5, 0.6) is 0 Å². The molecule has 102 valence electrons. The summed E-state index contributed by atoms with van der Waals surface area (Å²) in [5, 5.41) is 9.04. The number of nitrogens with zero attached hydrogens (tertiary/aromatic N) is 1. The number of carboxylic acid groups (broad SMARTS) is 1. The van der Waals surface area contributed by atoms with Gasteiger partial charge in [-0.2, -0.15) is 0 Å². The molecule has 4 nitrogen and oxygen atoms in total. The van der Waals surface area contributed by atoms with Crippen LogP contribution in [0.4, 0.5) is 0 Å². The summed E-state index contributed by atoms with van der Waals surface area (Å²) in [4.78, 5) is 25.0. The first-order chi connectivity index (χ1) is 8.99. The van der Waals surface area contributed by atoms with E-state index in [1.54, 1.807) is 11.0 Å². The van der Waals surface area contributed by atoms with Crippen LogP contribution in [-0.2, 0) is 4.79 Å². The molecule has 1 amide bonds. The van der Waals surface area contributed by atoms with Crippen LogP contribution in [0.25, 0.3) is 0 Å². The fraction of sp³-hybridized carbons (Fsp3) is 0.429. The molecule has 19 heavy (non-hydrogen) atoms. The molecule has 0 aromatic heterocycles. The van der Waals surface area contributed by atoms with Gasteiger partial charge >= 0.3 is 5.97 Å². The lowest BCUT2D eigenvalue weighted by Crippen LogP contribution is -2.42. The van der Waals surface area contributed by atoms with Gasteiger partial charge in [0.15, 0.2) is 0 Å². The maximum Gasteiger partial charge on any atom is 0.308 e. The van der Waals surface area contributed by atoms with Crippen LogP contribution in [0.2, 0.25) is 0 Å². The Morgan fingerprint density at radius 3 is 2.79 bits per heavy atom. The summed E-state index contributed by atoms with van der Waals surface area (Å²) in [6, 6.07) is 5.45. The third-order valence-corrected chi connectivity index (χ3v) is 4.35. The van der Waals surface area contributed by atoms with Gasteiger partial charge < -0.3 is 10.0 Å². The monoisotopic (exact) mass is 325 g/mol. The van der Waals surface area contributed by atoms with Gasteiger partial charge in [0.05, 0.1) is 5.92 Å². The number of aryl methyl sites for hydroxylation is 1. The van der Waals surface area contributed by atoms with E-state index in [2.05, 4.69) is 15.9 Å². The fourth-order valence-electron chi connectivity index (χ4n) is 2.32. The molecule has 1 atom stereocenters. The van der Waals surface area contributed by atoms with Gasteiger partial charge in [0.1, 0.15) is 0 Å². The minimum absolute atomic E-state index is 0.0819. The second-order valence-corrected chi connectivity index (χ2v) is 5.75. The third kappa shape index (κ3) is 3.15. The quantitative estimate of drug-likeness (QED) is 0.909. The van der Waals surface area contributed by atoms with Crippen LogP contribution in [0.1, 0.15) is 28.8 Å². The molecular weight excluding hydrogens is 310 g/mol. The van der Waals surface area contributed by atoms with E-state index < -0.39 is 11.9 Å². The number of amides is 1. The lowest BCUT2D eigenvalue weighted by atomic mass is 9.97. The van der Waals surface area contributed by atoms with E-state index in [1.807, 2.05) is 19.1 Å². The van der Waals surface area contributed by atoms with Gasteiger partial charge in [-0.25, -0.2) is 0 Å². The molecule has 1 aromatic rings. The Morgan fingerprint density at radius 2 is 2.16 bits per heavy atom. The molecule has 1 aliphatic heterocycles. The number of hydrogen-bond donors (Lipinski definition) is 1. The standard InChI is InChI=1S/C14H16BrNO3/c1-9-7-10(4-5-12(9)15)13(17)16-6-2-3-11(8-16)14(18)19/h4-5,7,11H,2-3,6,8H2,1H3,(H,18,19)/t11-/m1/s1. The molecule has 0 radical (unpaired) electrons. The minimum atomic E-state index is -0.815. The summed E-state index contributed by atoms with van der Waals surface area (Å²) in [7, 11) is 0. The number of halogens is 1. The average Bonchev–Trinajstić information content (AvgIpc) is 2.41. The maximum absolute atomic E-state index is 12.3. The Bertz CT molecular complexity index is 515. The highest BCUT2D eigenvalue weighted by atomic mass is 79.9. The first-order valence-electron chi connectivity index (χ1n) is 6.27. The van der Waals surface area contributed by atoms with Gasteiger partial charge in [0.2, 0.25) is 0 Å². The molecular formula is C14H16BrNO3. The number of carbonyl (C=O) groups is 2. The van der Waals surface area contributed by atoms with Crippen molar-refractivity contribution in [1.82, 2.24) is 4.90 Å². The third-order valence-electron chi connectivity index (χ3n) is 3.46. The van der Waals surface area contributed by atoms with Gasteiger partial charge in [0.25, 0.3) is 5.91 Å². The van der Waals surface area contributed by atoms with Gasteiger partial charge in [-0.1, -0.05) is 15.9 Å². The molecule has 0 aliphatic carbocycles. The van der Waals surface area contributed by atoms with Crippen LogP contribution in [0.3, 0.4) is 0 Å². The first kappa shape index (κ1) is 14.1. The van der Waals surface area contributed by atoms with Gasteiger partial charge in [-0.3, -0.25) is 9.59 Å². The second-order valence-electron chi connectivity index (χ2n) is 4.89. The Morgan fingerprint density at radius 1 is 1.42 bits per heavy atom. The lowest BCUT2D eigenvalue weighted by Gasteiger charge is -2.30. The van der Waals surface area contributed by atoms with Crippen molar-refractivity contribution in [2.45, 2.75) is 19.8 Å². The number of rotatable bonds is 2. The fourth-order valence-corrected chi connectivity index (χ4v) is 2.57. The Kier molecular flexibility index (Phi) is 4.24. The van der Waals surface area contributed by atoms with Crippen molar-refractivity contribution in [1.29, 1.82) is 0 Å². The van der Waals surface area contributed by atoms with E-state index in [-0.39, 0.29) is 5.91 Å².